The van der Waals surface area contributed by atoms with Crippen LogP contribution in [0.2, 0.25) is 0 Å². The van der Waals surface area contributed by atoms with Gasteiger partial charge in [-0.2, -0.15) is 5.10 Å². The van der Waals surface area contributed by atoms with E-state index in [0.717, 1.165) is 5.52 Å². The number of nitrogens with zero attached hydrogens (tertiary/aromatic N) is 4. The van der Waals surface area contributed by atoms with Crippen LogP contribution in [0, 0.1) is 0 Å². The molecule has 0 spiro atoms. The van der Waals surface area contributed by atoms with Gasteiger partial charge in [0.1, 0.15) is 11.5 Å². The van der Waals surface area contributed by atoms with Gasteiger partial charge in [-0.05, 0) is 30.5 Å². The Balaban J connectivity index is 1.59. The molecule has 0 bridgehead atoms. The molecule has 4 rings (SSSR count). The van der Waals surface area contributed by atoms with Crippen LogP contribution in [0.5, 0.6) is 0 Å². The third-order valence-electron chi connectivity index (χ3n) is 3.91. The summed E-state index contributed by atoms with van der Waals surface area (Å²) in [6.45, 7) is 2.05. The number of nitrogens with one attached hydrogen (secondary N) is 1. The molecule has 0 saturated heterocycles. The molecule has 0 unspecified atom stereocenters. The molecular weight excluding hydrogens is 334 g/mol. The van der Waals surface area contributed by atoms with Gasteiger partial charge in [0.05, 0.1) is 29.5 Å². The van der Waals surface area contributed by atoms with Gasteiger partial charge in [-0.15, -0.1) is 11.3 Å². The van der Waals surface area contributed by atoms with Gasteiger partial charge in [0.25, 0.3) is 5.91 Å². The van der Waals surface area contributed by atoms with Crippen LogP contribution in [0.25, 0.3) is 11.0 Å². The Morgan fingerprint density at radius 3 is 2.80 bits per heavy atom. The molecule has 3 heterocycles. The number of hydrogen-bond acceptors (Lipinski definition) is 5. The number of benzene rings is 1. The van der Waals surface area contributed by atoms with Crippen molar-refractivity contribution >= 4 is 34.1 Å². The van der Waals surface area contributed by atoms with Crippen LogP contribution in [0.15, 0.2) is 60.2 Å². The summed E-state index contributed by atoms with van der Waals surface area (Å²) in [6.07, 6.45) is 3.16. The van der Waals surface area contributed by atoms with Gasteiger partial charge in [-0.25, -0.2) is 9.67 Å². The van der Waals surface area contributed by atoms with Crippen molar-refractivity contribution < 1.29 is 4.79 Å². The second kappa shape index (κ2) is 6.45. The Morgan fingerprint density at radius 2 is 2.00 bits per heavy atom. The molecule has 0 aliphatic heterocycles. The van der Waals surface area contributed by atoms with E-state index in [1.807, 2.05) is 42.6 Å². The Morgan fingerprint density at radius 1 is 1.16 bits per heavy atom. The molecule has 1 N–H and O–H groups in total. The first-order valence-corrected chi connectivity index (χ1v) is 8.70. The average Bonchev–Trinajstić information content (AvgIpc) is 3.32. The molecule has 0 aliphatic carbocycles. The SMILES string of the molecule is C[C@@H](c1cccs1)n1nccc1NC(=O)c1cnc2ccccc2n1. The zero-order valence-electron chi connectivity index (χ0n) is 13.5. The van der Waals surface area contributed by atoms with Crippen molar-refractivity contribution in [1.29, 1.82) is 0 Å². The highest BCUT2D eigenvalue weighted by Gasteiger charge is 2.16. The van der Waals surface area contributed by atoms with E-state index in [4.69, 9.17) is 0 Å². The Labute approximate surface area is 148 Å². The lowest BCUT2D eigenvalue weighted by Gasteiger charge is -2.14. The van der Waals surface area contributed by atoms with Crippen LogP contribution in [-0.4, -0.2) is 25.7 Å². The van der Waals surface area contributed by atoms with E-state index in [1.54, 1.807) is 28.3 Å². The molecule has 124 valence electrons. The molecule has 6 nitrogen and oxygen atoms in total. The number of hydrogen-bond donors (Lipinski definition) is 1. The van der Waals surface area contributed by atoms with Gasteiger partial charge in [0, 0.05) is 10.9 Å². The lowest BCUT2D eigenvalue weighted by molar-refractivity contribution is 0.102. The fourth-order valence-electron chi connectivity index (χ4n) is 2.62. The number of para-hydroxylation sites is 2. The van der Waals surface area contributed by atoms with Crippen LogP contribution >= 0.6 is 11.3 Å². The van der Waals surface area contributed by atoms with Crippen LogP contribution in [0.1, 0.15) is 28.3 Å². The Hall–Kier alpha value is -3.06. The molecule has 0 saturated carbocycles. The van der Waals surface area contributed by atoms with Crippen LogP contribution in [-0.2, 0) is 0 Å². The topological polar surface area (TPSA) is 72.7 Å². The van der Waals surface area contributed by atoms with Crippen molar-refractivity contribution in [3.05, 3.63) is 70.8 Å². The van der Waals surface area contributed by atoms with Gasteiger partial charge in [0.2, 0.25) is 0 Å². The van der Waals surface area contributed by atoms with Crippen molar-refractivity contribution in [1.82, 2.24) is 19.7 Å². The van der Waals surface area contributed by atoms with Gasteiger partial charge in [-0.1, -0.05) is 18.2 Å². The fraction of sp³-hybridized carbons (Fsp3) is 0.111. The second-order valence-corrected chi connectivity index (χ2v) is 6.53. The van der Waals surface area contributed by atoms with Gasteiger partial charge in [-0.3, -0.25) is 9.78 Å². The second-order valence-electron chi connectivity index (χ2n) is 5.55. The van der Waals surface area contributed by atoms with E-state index in [9.17, 15) is 4.79 Å². The van der Waals surface area contributed by atoms with Gasteiger partial charge < -0.3 is 5.32 Å². The molecule has 0 aliphatic rings. The Bertz CT molecular complexity index is 1020. The van der Waals surface area contributed by atoms with E-state index in [0.29, 0.717) is 11.3 Å². The smallest absolute Gasteiger partial charge is 0.277 e. The number of rotatable bonds is 4. The number of amides is 1. The van der Waals surface area contributed by atoms with Crippen LogP contribution in [0.4, 0.5) is 5.82 Å². The summed E-state index contributed by atoms with van der Waals surface area (Å²) in [5.41, 5.74) is 1.72. The normalized spacial score (nSPS) is 12.2. The molecule has 7 heteroatoms. The maximum absolute atomic E-state index is 12.6. The lowest BCUT2D eigenvalue weighted by atomic mass is 10.3. The predicted molar refractivity (Wildman–Crippen MR) is 97.9 cm³/mol. The van der Waals surface area contributed by atoms with E-state index in [2.05, 4.69) is 26.4 Å². The minimum absolute atomic E-state index is 0.0352. The quantitative estimate of drug-likeness (QED) is 0.609. The number of thiophene rings is 1. The number of anilines is 1. The number of carbonyl (C=O) groups excluding carboxylic acids is 1. The highest BCUT2D eigenvalue weighted by Crippen LogP contribution is 2.25. The summed E-state index contributed by atoms with van der Waals surface area (Å²) >= 11 is 1.66. The standard InChI is InChI=1S/C18H15N5OS/c1-12(16-7-4-10-25-16)23-17(8-9-20-23)22-18(24)15-11-19-13-5-2-3-6-14(13)21-15/h2-12H,1H3,(H,22,24)/t12-/m0/s1. The van der Waals surface area contributed by atoms with Crippen molar-refractivity contribution in [3.63, 3.8) is 0 Å². The molecular formula is C18H15N5OS. The molecule has 1 atom stereocenters. The highest BCUT2D eigenvalue weighted by atomic mass is 32.1. The molecule has 25 heavy (non-hydrogen) atoms. The summed E-state index contributed by atoms with van der Waals surface area (Å²) in [6, 6.07) is 13.3. The first-order chi connectivity index (χ1) is 12.2. The molecule has 0 radical (unpaired) electrons. The van der Waals surface area contributed by atoms with Crippen molar-refractivity contribution in [3.8, 4) is 0 Å². The molecule has 1 amide bonds. The number of aromatic nitrogens is 4. The third kappa shape index (κ3) is 3.01. The van der Waals surface area contributed by atoms with Crippen LogP contribution < -0.4 is 5.32 Å². The van der Waals surface area contributed by atoms with E-state index >= 15 is 0 Å². The highest BCUT2D eigenvalue weighted by molar-refractivity contribution is 7.10. The maximum Gasteiger partial charge on any atom is 0.277 e. The van der Waals surface area contributed by atoms with Gasteiger partial charge >= 0.3 is 0 Å². The molecule has 3 aromatic heterocycles. The number of carbonyl (C=O) groups is 1. The van der Waals surface area contributed by atoms with Crippen molar-refractivity contribution in [2.45, 2.75) is 13.0 Å². The zero-order chi connectivity index (χ0) is 17.2. The monoisotopic (exact) mass is 349 g/mol. The largest absolute Gasteiger partial charge is 0.305 e. The Kier molecular flexibility index (Phi) is 3.99. The summed E-state index contributed by atoms with van der Waals surface area (Å²) < 4.78 is 1.79. The summed E-state index contributed by atoms with van der Waals surface area (Å²) in [5, 5.41) is 9.25. The first-order valence-electron chi connectivity index (χ1n) is 7.82. The summed E-state index contributed by atoms with van der Waals surface area (Å²) in [7, 11) is 0. The molecule has 0 fully saturated rings. The molecule has 1 aromatic carbocycles. The number of fused-ring (bicyclic) bond motifs is 1. The van der Waals surface area contributed by atoms with Crippen LogP contribution in [0.3, 0.4) is 0 Å². The average molecular weight is 349 g/mol. The van der Waals surface area contributed by atoms with E-state index in [1.165, 1.54) is 11.1 Å². The first kappa shape index (κ1) is 15.5. The lowest BCUT2D eigenvalue weighted by Crippen LogP contribution is -2.19. The minimum atomic E-state index is -0.307. The minimum Gasteiger partial charge on any atom is -0.305 e. The third-order valence-corrected chi connectivity index (χ3v) is 4.96. The molecule has 4 aromatic rings. The zero-order valence-corrected chi connectivity index (χ0v) is 14.3. The van der Waals surface area contributed by atoms with E-state index in [-0.39, 0.29) is 17.6 Å². The predicted octanol–water partition coefficient (Wildman–Crippen LogP) is 3.75. The van der Waals surface area contributed by atoms with Crippen molar-refractivity contribution in [2.24, 2.45) is 0 Å². The summed E-state index contributed by atoms with van der Waals surface area (Å²) in [5.74, 6) is 0.319. The van der Waals surface area contributed by atoms with E-state index < -0.39 is 0 Å². The van der Waals surface area contributed by atoms with Crippen molar-refractivity contribution in [2.75, 3.05) is 5.32 Å². The fourth-order valence-corrected chi connectivity index (χ4v) is 3.39. The maximum atomic E-state index is 12.6. The van der Waals surface area contributed by atoms with Gasteiger partial charge in [0.15, 0.2) is 0 Å². The summed E-state index contributed by atoms with van der Waals surface area (Å²) in [4.78, 5) is 22.4.